The van der Waals surface area contributed by atoms with Crippen molar-refractivity contribution >= 4 is 35.0 Å². The van der Waals surface area contributed by atoms with Crippen LogP contribution in [0.4, 0.5) is 14.9 Å². The number of ether oxygens (including phenoxy) is 1. The first-order valence-corrected chi connectivity index (χ1v) is 11.8. The number of rotatable bonds is 6. The lowest BCUT2D eigenvalue weighted by molar-refractivity contribution is 0.0117. The number of aliphatic hydroxyl groups excluding tert-OH is 1. The van der Waals surface area contributed by atoms with Gasteiger partial charge in [-0.2, -0.15) is 0 Å². The summed E-state index contributed by atoms with van der Waals surface area (Å²) in [6, 6.07) is 20.7. The highest BCUT2D eigenvalue weighted by molar-refractivity contribution is 6.31. The van der Waals surface area contributed by atoms with E-state index in [1.54, 1.807) is 17.0 Å². The summed E-state index contributed by atoms with van der Waals surface area (Å²) < 4.78 is 19.2. The zero-order valence-electron chi connectivity index (χ0n) is 18.3. The molecule has 0 aliphatic carbocycles. The van der Waals surface area contributed by atoms with Gasteiger partial charge in [0.25, 0.3) is 0 Å². The largest absolute Gasteiger partial charge is 0.445 e. The molecule has 0 aromatic heterocycles. The van der Waals surface area contributed by atoms with Gasteiger partial charge >= 0.3 is 6.09 Å². The summed E-state index contributed by atoms with van der Waals surface area (Å²) in [6.07, 6.45) is -0.713. The Bertz CT molecular complexity index is 1130. The summed E-state index contributed by atoms with van der Waals surface area (Å²) in [5.41, 5.74) is 2.32. The van der Waals surface area contributed by atoms with Crippen molar-refractivity contribution in [2.45, 2.75) is 25.2 Å². The fraction of sp³-hybridized carbons (Fsp3) is 0.269. The van der Waals surface area contributed by atoms with Crippen LogP contribution in [-0.2, 0) is 11.3 Å². The van der Waals surface area contributed by atoms with Gasteiger partial charge in [-0.3, -0.25) is 0 Å². The summed E-state index contributed by atoms with van der Waals surface area (Å²) in [6.45, 7) is 0.831. The second-order valence-corrected chi connectivity index (χ2v) is 9.16. The Morgan fingerprint density at radius 2 is 1.91 bits per heavy atom. The van der Waals surface area contributed by atoms with Gasteiger partial charge in [0.15, 0.2) is 0 Å². The number of benzene rings is 3. The van der Waals surface area contributed by atoms with Gasteiger partial charge in [0.2, 0.25) is 0 Å². The van der Waals surface area contributed by atoms with Crippen molar-refractivity contribution in [1.82, 2.24) is 4.90 Å². The Balaban J connectivity index is 1.54. The van der Waals surface area contributed by atoms with Crippen LogP contribution in [-0.4, -0.2) is 35.3 Å². The molecule has 178 valence electrons. The van der Waals surface area contributed by atoms with Gasteiger partial charge in [0.1, 0.15) is 12.4 Å². The van der Waals surface area contributed by atoms with Gasteiger partial charge in [0, 0.05) is 29.7 Å². The van der Waals surface area contributed by atoms with E-state index in [1.165, 1.54) is 12.1 Å². The van der Waals surface area contributed by atoms with Crippen molar-refractivity contribution in [3.63, 3.8) is 0 Å². The summed E-state index contributed by atoms with van der Waals surface area (Å²) in [7, 11) is 0. The molecule has 1 heterocycles. The third-order valence-corrected chi connectivity index (χ3v) is 6.49. The van der Waals surface area contributed by atoms with Crippen LogP contribution in [0.5, 0.6) is 0 Å². The first-order chi connectivity index (χ1) is 16.4. The van der Waals surface area contributed by atoms with Crippen molar-refractivity contribution in [3.05, 3.63) is 99.8 Å². The van der Waals surface area contributed by atoms with Gasteiger partial charge < -0.3 is 20.1 Å². The topological polar surface area (TPSA) is 61.8 Å². The van der Waals surface area contributed by atoms with E-state index in [2.05, 4.69) is 5.32 Å². The van der Waals surface area contributed by atoms with Crippen LogP contribution in [0.2, 0.25) is 10.0 Å². The number of hydrogen-bond donors (Lipinski definition) is 2. The fourth-order valence-electron chi connectivity index (χ4n) is 4.18. The molecule has 1 aliphatic rings. The van der Waals surface area contributed by atoms with Crippen molar-refractivity contribution in [2.75, 3.05) is 18.4 Å². The number of hydrogen-bond acceptors (Lipinski definition) is 4. The number of carbonyl (C=O) groups is 1. The predicted octanol–water partition coefficient (Wildman–Crippen LogP) is 6.31. The molecule has 0 unspecified atom stereocenters. The maximum Gasteiger partial charge on any atom is 0.410 e. The minimum Gasteiger partial charge on any atom is -0.445 e. The molecule has 3 atom stereocenters. The van der Waals surface area contributed by atoms with Crippen molar-refractivity contribution in [2.24, 2.45) is 5.92 Å². The van der Waals surface area contributed by atoms with Crippen LogP contribution in [0.15, 0.2) is 72.8 Å². The third kappa shape index (κ3) is 6.00. The van der Waals surface area contributed by atoms with E-state index in [-0.39, 0.29) is 24.1 Å². The van der Waals surface area contributed by atoms with Crippen molar-refractivity contribution in [1.29, 1.82) is 0 Å². The number of piperidine rings is 1. The second kappa shape index (κ2) is 11.1. The van der Waals surface area contributed by atoms with Gasteiger partial charge in [-0.1, -0.05) is 65.7 Å². The Morgan fingerprint density at radius 3 is 2.65 bits per heavy atom. The van der Waals surface area contributed by atoms with E-state index in [9.17, 15) is 14.3 Å². The highest BCUT2D eigenvalue weighted by atomic mass is 35.5. The van der Waals surface area contributed by atoms with Gasteiger partial charge in [-0.05, 0) is 47.9 Å². The molecule has 5 nitrogen and oxygen atoms in total. The third-order valence-electron chi connectivity index (χ3n) is 5.96. The minimum atomic E-state index is -0.675. The Labute approximate surface area is 208 Å². The van der Waals surface area contributed by atoms with Crippen LogP contribution in [0.1, 0.15) is 23.6 Å². The summed E-state index contributed by atoms with van der Waals surface area (Å²) in [5.74, 6) is -0.892. The molecular weight excluding hydrogens is 478 g/mol. The van der Waals surface area contributed by atoms with Crippen molar-refractivity contribution in [3.8, 4) is 0 Å². The Hall–Kier alpha value is -2.80. The molecule has 1 fully saturated rings. The molecule has 0 radical (unpaired) electrons. The molecule has 8 heteroatoms. The summed E-state index contributed by atoms with van der Waals surface area (Å²) in [5, 5.41) is 14.8. The molecule has 2 N–H and O–H groups in total. The van der Waals surface area contributed by atoms with E-state index >= 15 is 0 Å². The van der Waals surface area contributed by atoms with E-state index in [0.29, 0.717) is 23.7 Å². The molecular formula is C26H25Cl2FN2O3. The Kier molecular flexibility index (Phi) is 7.93. The number of aliphatic hydroxyl groups is 1. The number of carbonyl (C=O) groups excluding carboxylic acids is 1. The summed E-state index contributed by atoms with van der Waals surface area (Å²) in [4.78, 5) is 14.4. The SMILES string of the molecule is O=C(OCc1ccccc1)N1CC[C@H](O)[C@H]([C@H](Nc2ccc(F)c(Cl)c2)c2cccc(Cl)c2)C1. The number of anilines is 1. The highest BCUT2D eigenvalue weighted by Gasteiger charge is 2.37. The molecule has 3 aromatic rings. The van der Waals surface area contributed by atoms with Crippen LogP contribution in [0.25, 0.3) is 0 Å². The number of halogens is 3. The fourth-order valence-corrected chi connectivity index (χ4v) is 4.56. The number of amides is 1. The zero-order chi connectivity index (χ0) is 24.1. The highest BCUT2D eigenvalue weighted by Crippen LogP contribution is 2.35. The lowest BCUT2D eigenvalue weighted by Crippen LogP contribution is -2.49. The van der Waals surface area contributed by atoms with E-state index in [1.807, 2.05) is 48.5 Å². The van der Waals surface area contributed by atoms with Gasteiger partial charge in [0.05, 0.1) is 17.2 Å². The van der Waals surface area contributed by atoms with Crippen LogP contribution in [0.3, 0.4) is 0 Å². The lowest BCUT2D eigenvalue weighted by Gasteiger charge is -2.40. The maximum atomic E-state index is 13.7. The zero-order valence-corrected chi connectivity index (χ0v) is 19.8. The quantitative estimate of drug-likeness (QED) is 0.414. The monoisotopic (exact) mass is 502 g/mol. The second-order valence-electron chi connectivity index (χ2n) is 8.31. The van der Waals surface area contributed by atoms with Gasteiger partial charge in [-0.25, -0.2) is 9.18 Å². The number of nitrogens with one attached hydrogen (secondary N) is 1. The molecule has 1 amide bonds. The molecule has 0 saturated carbocycles. The predicted molar refractivity (Wildman–Crippen MR) is 132 cm³/mol. The van der Waals surface area contributed by atoms with Crippen LogP contribution < -0.4 is 5.32 Å². The molecule has 1 saturated heterocycles. The molecule has 3 aromatic carbocycles. The average Bonchev–Trinajstić information content (AvgIpc) is 2.84. The van der Waals surface area contributed by atoms with Crippen molar-refractivity contribution < 1.29 is 19.0 Å². The van der Waals surface area contributed by atoms with Crippen LogP contribution in [0, 0.1) is 11.7 Å². The normalized spacial score (nSPS) is 18.9. The number of nitrogens with zero attached hydrogens (tertiary/aromatic N) is 1. The molecule has 1 aliphatic heterocycles. The number of likely N-dealkylation sites (tertiary alicyclic amines) is 1. The van der Waals surface area contributed by atoms with Gasteiger partial charge in [-0.15, -0.1) is 0 Å². The molecule has 0 spiro atoms. The molecule has 4 rings (SSSR count). The lowest BCUT2D eigenvalue weighted by atomic mass is 9.84. The molecule has 0 bridgehead atoms. The van der Waals surface area contributed by atoms with Crippen LogP contribution >= 0.6 is 23.2 Å². The standard InChI is InChI=1S/C26H25Cl2FN2O3/c27-19-8-4-7-18(13-19)25(30-20-9-10-23(29)22(28)14-20)21-15-31(12-11-24(21)32)26(33)34-16-17-5-2-1-3-6-17/h1-10,13-14,21,24-25,30,32H,11-12,15-16H2/t21-,24+,25-/m1/s1. The first kappa shape index (κ1) is 24.3. The molecule has 34 heavy (non-hydrogen) atoms. The summed E-state index contributed by atoms with van der Waals surface area (Å²) >= 11 is 12.2. The smallest absolute Gasteiger partial charge is 0.410 e. The average molecular weight is 503 g/mol. The Morgan fingerprint density at radius 1 is 1.12 bits per heavy atom. The van der Waals surface area contributed by atoms with E-state index in [4.69, 9.17) is 27.9 Å². The van der Waals surface area contributed by atoms with E-state index in [0.717, 1.165) is 11.1 Å². The van der Waals surface area contributed by atoms with E-state index < -0.39 is 24.1 Å². The maximum absolute atomic E-state index is 13.7. The minimum absolute atomic E-state index is 0.00912. The first-order valence-electron chi connectivity index (χ1n) is 11.0.